The van der Waals surface area contributed by atoms with Gasteiger partial charge in [0, 0.05) is 31.6 Å². The van der Waals surface area contributed by atoms with Crippen LogP contribution in [0, 0.1) is 0 Å². The van der Waals surface area contributed by atoms with Crippen molar-refractivity contribution in [1.82, 2.24) is 0 Å². The molecule has 1 aliphatic heterocycles. The first-order valence-corrected chi connectivity index (χ1v) is 8.16. The molecule has 14 heteroatoms. The van der Waals surface area contributed by atoms with E-state index in [-0.39, 0.29) is 12.8 Å². The molecule has 3 unspecified atom stereocenters. The summed E-state index contributed by atoms with van der Waals surface area (Å²) in [6, 6.07) is 0.610. The molecule has 30 heavy (non-hydrogen) atoms. The van der Waals surface area contributed by atoms with Crippen molar-refractivity contribution in [2.75, 3.05) is 7.11 Å². The molecule has 2 rings (SSSR count). The predicted octanol–water partition coefficient (Wildman–Crippen LogP) is 4.01. The monoisotopic (exact) mass is 453 g/mol. The molecule has 0 bridgehead atoms. The lowest BCUT2D eigenvalue weighted by molar-refractivity contribution is -0.276. The van der Waals surface area contributed by atoms with Crippen molar-refractivity contribution >= 4 is 5.90 Å². The third kappa shape index (κ3) is 7.48. The normalized spacial score (nSPS) is 21.1. The number of halogens is 8. The average Bonchev–Trinajstić information content (AvgIpc) is 2.55. The molecule has 1 aliphatic rings. The number of aliphatic hydroxyl groups excluding tert-OH is 1. The lowest BCUT2D eigenvalue weighted by atomic mass is 10.0. The van der Waals surface area contributed by atoms with Crippen molar-refractivity contribution in [3.63, 3.8) is 0 Å². The highest BCUT2D eigenvalue weighted by Gasteiger charge is 2.35. The molecule has 3 atom stereocenters. The highest BCUT2D eigenvalue weighted by molar-refractivity contribution is 5.95. The Morgan fingerprint density at radius 1 is 1.07 bits per heavy atom. The van der Waals surface area contributed by atoms with E-state index in [9.17, 15) is 40.2 Å². The summed E-state index contributed by atoms with van der Waals surface area (Å²) in [5.74, 6) is -2.74. The molecule has 0 saturated carbocycles. The van der Waals surface area contributed by atoms with Crippen LogP contribution in [0.2, 0.25) is 0 Å². The Labute approximate surface area is 164 Å². The molecule has 0 aromatic heterocycles. The minimum atomic E-state index is -5.23. The third-order valence-corrected chi connectivity index (χ3v) is 3.70. The first-order chi connectivity index (χ1) is 13.8. The van der Waals surface area contributed by atoms with Gasteiger partial charge in [-0.15, -0.1) is 26.3 Å². The zero-order chi connectivity index (χ0) is 22.7. The van der Waals surface area contributed by atoms with Crippen LogP contribution in [0.25, 0.3) is 0 Å². The van der Waals surface area contributed by atoms with Crippen LogP contribution in [-0.4, -0.2) is 55.7 Å². The number of rotatable bonds is 7. The van der Waals surface area contributed by atoms with Crippen molar-refractivity contribution in [1.29, 1.82) is 0 Å². The van der Waals surface area contributed by atoms with Gasteiger partial charge in [0.05, 0.1) is 6.04 Å². The molecular formula is C16H15F8NO5. The Hall–Kier alpha value is -2.35. The van der Waals surface area contributed by atoms with Gasteiger partial charge in [-0.3, -0.25) is 0 Å². The zero-order valence-corrected chi connectivity index (χ0v) is 15.0. The van der Waals surface area contributed by atoms with Crippen LogP contribution in [0.15, 0.2) is 23.2 Å². The first kappa shape index (κ1) is 23.9. The largest absolute Gasteiger partial charge is 0.573 e. The number of nitrogens with zero attached hydrogens (tertiary/aromatic N) is 1. The molecular weight excluding hydrogens is 438 g/mol. The van der Waals surface area contributed by atoms with E-state index < -0.39 is 60.5 Å². The van der Waals surface area contributed by atoms with E-state index in [0.29, 0.717) is 18.2 Å². The van der Waals surface area contributed by atoms with Gasteiger partial charge in [0.15, 0.2) is 0 Å². The number of methoxy groups -OCH3 is 1. The second-order valence-corrected chi connectivity index (χ2v) is 6.03. The van der Waals surface area contributed by atoms with Crippen molar-refractivity contribution in [2.45, 2.75) is 50.4 Å². The van der Waals surface area contributed by atoms with Crippen molar-refractivity contribution in [3.05, 3.63) is 23.8 Å². The van der Waals surface area contributed by atoms with Gasteiger partial charge in [-0.2, -0.15) is 0 Å². The summed E-state index contributed by atoms with van der Waals surface area (Å²) >= 11 is 0. The molecule has 1 aromatic carbocycles. The second-order valence-electron chi connectivity index (χ2n) is 6.03. The van der Waals surface area contributed by atoms with Crippen LogP contribution in [-0.2, 0) is 9.47 Å². The molecule has 0 radical (unpaired) electrons. The van der Waals surface area contributed by atoms with E-state index in [4.69, 9.17) is 4.74 Å². The molecule has 0 fully saturated rings. The molecule has 1 aromatic rings. The van der Waals surface area contributed by atoms with E-state index in [2.05, 4.69) is 19.2 Å². The van der Waals surface area contributed by atoms with Crippen LogP contribution in [0.3, 0.4) is 0 Å². The smallest absolute Gasteiger partial charge is 0.448 e. The minimum Gasteiger partial charge on any atom is -0.448 e. The van der Waals surface area contributed by atoms with Crippen LogP contribution in [0.5, 0.6) is 11.5 Å². The maximum atomic E-state index is 12.9. The van der Waals surface area contributed by atoms with Gasteiger partial charge in [0.25, 0.3) is 6.43 Å². The lowest BCUT2D eigenvalue weighted by Crippen LogP contribution is -2.34. The van der Waals surface area contributed by atoms with E-state index >= 15 is 0 Å². The van der Waals surface area contributed by atoms with Gasteiger partial charge >= 0.3 is 12.7 Å². The highest BCUT2D eigenvalue weighted by Crippen LogP contribution is 2.33. The molecule has 0 aliphatic carbocycles. The quantitative estimate of drug-likeness (QED) is 0.632. The molecule has 1 heterocycles. The fourth-order valence-corrected chi connectivity index (χ4v) is 2.60. The van der Waals surface area contributed by atoms with Crippen LogP contribution < -0.4 is 9.47 Å². The number of hydrogen-bond acceptors (Lipinski definition) is 6. The Morgan fingerprint density at radius 3 is 2.03 bits per heavy atom. The fourth-order valence-electron chi connectivity index (χ4n) is 2.60. The van der Waals surface area contributed by atoms with Gasteiger partial charge < -0.3 is 24.1 Å². The molecule has 0 saturated heterocycles. The van der Waals surface area contributed by atoms with Gasteiger partial charge in [-0.05, 0) is 12.1 Å². The van der Waals surface area contributed by atoms with Gasteiger partial charge in [0.1, 0.15) is 17.6 Å². The summed E-state index contributed by atoms with van der Waals surface area (Å²) in [7, 11) is 1.02. The molecule has 1 N–H and O–H groups in total. The second kappa shape index (κ2) is 9.20. The molecule has 6 nitrogen and oxygen atoms in total. The van der Waals surface area contributed by atoms with E-state index in [1.54, 1.807) is 0 Å². The molecule has 170 valence electrons. The third-order valence-electron chi connectivity index (χ3n) is 3.70. The van der Waals surface area contributed by atoms with E-state index in [0.717, 1.165) is 7.11 Å². The summed E-state index contributed by atoms with van der Waals surface area (Å²) in [5, 5.41) is 9.79. The summed E-state index contributed by atoms with van der Waals surface area (Å²) in [6.07, 6.45) is -17.1. The number of alkyl halides is 8. The summed E-state index contributed by atoms with van der Waals surface area (Å²) in [6.45, 7) is 0. The summed E-state index contributed by atoms with van der Waals surface area (Å²) < 4.78 is 118. The standard InChI is InChI=1S/C16H15F8NO5/c1-27-11(13(17)18)4-8-5-12(26)28-14(25-8)7-2-9(29-15(19,20)21)6-10(3-7)30-16(22,23)24/h2-3,6,8,11-13,26H,4-5H2,1H3. The summed E-state index contributed by atoms with van der Waals surface area (Å²) in [4.78, 5) is 3.90. The number of aliphatic hydroxyl groups is 1. The van der Waals surface area contributed by atoms with Crippen LogP contribution in [0.1, 0.15) is 18.4 Å². The maximum absolute atomic E-state index is 12.9. The summed E-state index contributed by atoms with van der Waals surface area (Å²) in [5.41, 5.74) is -0.467. The molecule has 0 spiro atoms. The Kier molecular flexibility index (Phi) is 7.34. The number of benzene rings is 1. The SMILES string of the molecule is COC(CC1CC(O)OC(c2cc(OC(F)(F)F)cc(OC(F)(F)F)c2)=N1)C(F)F. The average molecular weight is 453 g/mol. The van der Waals surface area contributed by atoms with Crippen molar-refractivity contribution in [2.24, 2.45) is 4.99 Å². The highest BCUT2D eigenvalue weighted by atomic mass is 19.4. The first-order valence-electron chi connectivity index (χ1n) is 8.16. The Morgan fingerprint density at radius 2 is 1.60 bits per heavy atom. The fraction of sp³-hybridized carbons (Fsp3) is 0.562. The number of hydrogen-bond donors (Lipinski definition) is 1. The van der Waals surface area contributed by atoms with Gasteiger partial charge in [0.2, 0.25) is 12.2 Å². The number of aliphatic imine (C=N–C) groups is 1. The molecule has 0 amide bonds. The Bertz CT molecular complexity index is 718. The zero-order valence-electron chi connectivity index (χ0n) is 15.0. The minimum absolute atomic E-state index is 0.249. The maximum Gasteiger partial charge on any atom is 0.573 e. The van der Waals surface area contributed by atoms with Gasteiger partial charge in [-0.25, -0.2) is 13.8 Å². The van der Waals surface area contributed by atoms with Crippen molar-refractivity contribution < 1.29 is 59.2 Å². The lowest BCUT2D eigenvalue weighted by Gasteiger charge is -2.28. The van der Waals surface area contributed by atoms with E-state index in [1.807, 2.05) is 0 Å². The Balaban J connectivity index is 2.40. The topological polar surface area (TPSA) is 69.5 Å². The van der Waals surface area contributed by atoms with Gasteiger partial charge in [-0.1, -0.05) is 0 Å². The predicted molar refractivity (Wildman–Crippen MR) is 83.3 cm³/mol. The van der Waals surface area contributed by atoms with E-state index in [1.165, 1.54) is 0 Å². The van der Waals surface area contributed by atoms with Crippen molar-refractivity contribution in [3.8, 4) is 11.5 Å². The van der Waals surface area contributed by atoms with Crippen LogP contribution in [0.4, 0.5) is 35.1 Å². The van der Waals surface area contributed by atoms with Crippen LogP contribution >= 0.6 is 0 Å². The number of ether oxygens (including phenoxy) is 4.